The van der Waals surface area contributed by atoms with Gasteiger partial charge in [-0.1, -0.05) is 30.3 Å². The maximum atomic E-state index is 12.2. The molecule has 2 aromatic rings. The summed E-state index contributed by atoms with van der Waals surface area (Å²) in [5.74, 6) is 0.384. The number of hydrogen-bond donors (Lipinski definition) is 1. The molecule has 1 N–H and O–H groups in total. The maximum absolute atomic E-state index is 12.2. The highest BCUT2D eigenvalue weighted by molar-refractivity contribution is 8.00. The molecule has 23 heavy (non-hydrogen) atoms. The molecule has 1 fully saturated rings. The summed E-state index contributed by atoms with van der Waals surface area (Å²) in [5.41, 5.74) is 1.48. The number of carbonyl (C=O) groups excluding carboxylic acids is 2. The molecule has 2 amide bonds. The molecule has 0 atom stereocenters. The summed E-state index contributed by atoms with van der Waals surface area (Å²) in [6.45, 7) is 0.713. The minimum atomic E-state index is -0.0713. The van der Waals surface area contributed by atoms with E-state index in [0.29, 0.717) is 24.4 Å². The quantitative estimate of drug-likeness (QED) is 0.855. The van der Waals surface area contributed by atoms with Gasteiger partial charge in [0, 0.05) is 17.9 Å². The van der Waals surface area contributed by atoms with Crippen molar-refractivity contribution in [2.24, 2.45) is 0 Å². The van der Waals surface area contributed by atoms with Crippen molar-refractivity contribution in [1.82, 2.24) is 0 Å². The molecule has 0 spiro atoms. The number of anilines is 2. The lowest BCUT2D eigenvalue weighted by Crippen LogP contribution is -2.25. The van der Waals surface area contributed by atoms with E-state index in [2.05, 4.69) is 5.32 Å². The van der Waals surface area contributed by atoms with Crippen molar-refractivity contribution in [3.05, 3.63) is 54.6 Å². The van der Waals surface area contributed by atoms with E-state index in [0.717, 1.165) is 17.0 Å². The molecule has 1 aliphatic rings. The van der Waals surface area contributed by atoms with Crippen LogP contribution in [0.3, 0.4) is 0 Å². The molecule has 2 aromatic carbocycles. The monoisotopic (exact) mass is 326 g/mol. The Kier molecular flexibility index (Phi) is 4.98. The van der Waals surface area contributed by atoms with E-state index in [-0.39, 0.29) is 11.8 Å². The number of nitrogens with one attached hydrogen (secondary N) is 1. The van der Waals surface area contributed by atoms with Crippen LogP contribution >= 0.6 is 11.8 Å². The van der Waals surface area contributed by atoms with Crippen LogP contribution in [0.2, 0.25) is 0 Å². The van der Waals surface area contributed by atoms with Crippen LogP contribution < -0.4 is 10.2 Å². The van der Waals surface area contributed by atoms with Gasteiger partial charge >= 0.3 is 0 Å². The van der Waals surface area contributed by atoms with E-state index in [4.69, 9.17) is 0 Å². The molecule has 0 aliphatic carbocycles. The van der Waals surface area contributed by atoms with Crippen molar-refractivity contribution in [3.8, 4) is 0 Å². The molecular weight excluding hydrogens is 308 g/mol. The number of para-hydroxylation sites is 2. The highest BCUT2D eigenvalue weighted by Gasteiger charge is 2.24. The third-order valence-corrected chi connectivity index (χ3v) is 4.67. The Labute approximate surface area is 139 Å². The minimum Gasteiger partial charge on any atom is -0.324 e. The zero-order valence-corrected chi connectivity index (χ0v) is 13.5. The van der Waals surface area contributed by atoms with Crippen LogP contribution in [0.1, 0.15) is 12.8 Å². The number of nitrogens with zero attached hydrogens (tertiary/aromatic N) is 1. The van der Waals surface area contributed by atoms with Gasteiger partial charge in [-0.25, -0.2) is 0 Å². The summed E-state index contributed by atoms with van der Waals surface area (Å²) < 4.78 is 0. The summed E-state index contributed by atoms with van der Waals surface area (Å²) in [6.07, 6.45) is 1.44. The Balaban J connectivity index is 1.65. The third kappa shape index (κ3) is 3.93. The van der Waals surface area contributed by atoms with E-state index < -0.39 is 0 Å². The van der Waals surface area contributed by atoms with Crippen LogP contribution in [-0.4, -0.2) is 24.1 Å². The van der Waals surface area contributed by atoms with Crippen molar-refractivity contribution >= 4 is 35.0 Å². The molecule has 1 heterocycles. The molecule has 3 rings (SSSR count). The zero-order valence-electron chi connectivity index (χ0n) is 12.7. The standard InChI is InChI=1S/C18H18N2O2S/c21-17(13-23-14-7-2-1-3-8-14)19-15-9-4-5-10-16(15)20-12-6-11-18(20)22/h1-5,7-10H,6,11-13H2,(H,19,21). The van der Waals surface area contributed by atoms with E-state index in [1.165, 1.54) is 11.8 Å². The lowest BCUT2D eigenvalue weighted by atomic mass is 10.2. The molecule has 4 nitrogen and oxygen atoms in total. The lowest BCUT2D eigenvalue weighted by molar-refractivity contribution is -0.117. The zero-order chi connectivity index (χ0) is 16.1. The molecule has 118 valence electrons. The molecular formula is C18H18N2O2S. The van der Waals surface area contributed by atoms with Gasteiger partial charge in [0.25, 0.3) is 0 Å². The number of hydrogen-bond acceptors (Lipinski definition) is 3. The Hall–Kier alpha value is -2.27. The molecule has 1 saturated heterocycles. The number of rotatable bonds is 5. The van der Waals surface area contributed by atoms with Crippen LogP contribution in [0.4, 0.5) is 11.4 Å². The fourth-order valence-corrected chi connectivity index (χ4v) is 3.29. The van der Waals surface area contributed by atoms with Gasteiger partial charge in [-0.2, -0.15) is 0 Å². The molecule has 0 unspecified atom stereocenters. The van der Waals surface area contributed by atoms with Gasteiger partial charge < -0.3 is 10.2 Å². The van der Waals surface area contributed by atoms with Crippen molar-refractivity contribution in [3.63, 3.8) is 0 Å². The van der Waals surface area contributed by atoms with Crippen molar-refractivity contribution in [2.45, 2.75) is 17.7 Å². The Morgan fingerprint density at radius 1 is 1.09 bits per heavy atom. The van der Waals surface area contributed by atoms with Gasteiger partial charge in [0.2, 0.25) is 11.8 Å². The maximum Gasteiger partial charge on any atom is 0.234 e. The largest absolute Gasteiger partial charge is 0.324 e. The summed E-state index contributed by atoms with van der Waals surface area (Å²) in [5, 5.41) is 2.92. The number of benzene rings is 2. The van der Waals surface area contributed by atoms with Crippen LogP contribution in [0.15, 0.2) is 59.5 Å². The molecule has 1 aliphatic heterocycles. The van der Waals surface area contributed by atoms with Crippen LogP contribution in [0.25, 0.3) is 0 Å². The fraction of sp³-hybridized carbons (Fsp3) is 0.222. The van der Waals surface area contributed by atoms with Gasteiger partial charge in [-0.3, -0.25) is 9.59 Å². The molecule has 0 aromatic heterocycles. The number of carbonyl (C=O) groups is 2. The second kappa shape index (κ2) is 7.33. The molecule has 0 radical (unpaired) electrons. The van der Waals surface area contributed by atoms with Crippen molar-refractivity contribution in [2.75, 3.05) is 22.5 Å². The first-order valence-electron chi connectivity index (χ1n) is 7.61. The Morgan fingerprint density at radius 3 is 2.57 bits per heavy atom. The van der Waals surface area contributed by atoms with Gasteiger partial charge in [0.15, 0.2) is 0 Å². The lowest BCUT2D eigenvalue weighted by Gasteiger charge is -2.19. The Bertz CT molecular complexity index is 703. The van der Waals surface area contributed by atoms with Crippen molar-refractivity contribution in [1.29, 1.82) is 0 Å². The average Bonchev–Trinajstić information content (AvgIpc) is 3.00. The summed E-state index contributed by atoms with van der Waals surface area (Å²) >= 11 is 1.49. The SMILES string of the molecule is O=C(CSc1ccccc1)Nc1ccccc1N1CCCC1=O. The molecule has 5 heteroatoms. The smallest absolute Gasteiger partial charge is 0.234 e. The van der Waals surface area contributed by atoms with Gasteiger partial charge in [0.05, 0.1) is 17.1 Å². The van der Waals surface area contributed by atoms with E-state index in [1.54, 1.807) is 4.90 Å². The Morgan fingerprint density at radius 2 is 1.83 bits per heavy atom. The van der Waals surface area contributed by atoms with Crippen molar-refractivity contribution < 1.29 is 9.59 Å². The topological polar surface area (TPSA) is 49.4 Å². The van der Waals surface area contributed by atoms with Gasteiger partial charge in [-0.15, -0.1) is 11.8 Å². The highest BCUT2D eigenvalue weighted by Crippen LogP contribution is 2.29. The second-order valence-electron chi connectivity index (χ2n) is 5.32. The first-order chi connectivity index (χ1) is 11.2. The fourth-order valence-electron chi connectivity index (χ4n) is 2.57. The number of thioether (sulfide) groups is 1. The van der Waals surface area contributed by atoms with E-state index in [9.17, 15) is 9.59 Å². The predicted molar refractivity (Wildman–Crippen MR) is 93.8 cm³/mol. The normalized spacial score (nSPS) is 14.1. The summed E-state index contributed by atoms with van der Waals surface area (Å²) in [7, 11) is 0. The van der Waals surface area contributed by atoms with Crippen LogP contribution in [0.5, 0.6) is 0 Å². The highest BCUT2D eigenvalue weighted by atomic mass is 32.2. The average molecular weight is 326 g/mol. The third-order valence-electron chi connectivity index (χ3n) is 3.66. The van der Waals surface area contributed by atoms with Crippen LogP contribution in [-0.2, 0) is 9.59 Å². The predicted octanol–water partition coefficient (Wildman–Crippen LogP) is 3.54. The molecule has 0 bridgehead atoms. The van der Waals surface area contributed by atoms with Gasteiger partial charge in [0.1, 0.15) is 0 Å². The van der Waals surface area contributed by atoms with Crippen LogP contribution in [0, 0.1) is 0 Å². The first kappa shape index (κ1) is 15.6. The summed E-state index contributed by atoms with van der Waals surface area (Å²) in [4.78, 5) is 26.9. The minimum absolute atomic E-state index is 0.0713. The van der Waals surface area contributed by atoms with E-state index in [1.807, 2.05) is 54.6 Å². The molecule has 0 saturated carbocycles. The second-order valence-corrected chi connectivity index (χ2v) is 6.36. The van der Waals surface area contributed by atoms with E-state index >= 15 is 0 Å². The summed E-state index contributed by atoms with van der Waals surface area (Å²) in [6, 6.07) is 17.3. The van der Waals surface area contributed by atoms with Gasteiger partial charge in [-0.05, 0) is 30.7 Å². The first-order valence-corrected chi connectivity index (χ1v) is 8.60. The number of amides is 2.